The minimum absolute atomic E-state index is 0.0129. The molecule has 1 aromatic heterocycles. The highest BCUT2D eigenvalue weighted by atomic mass is 32.2. The van der Waals surface area contributed by atoms with Crippen molar-refractivity contribution in [2.24, 2.45) is 7.05 Å². The van der Waals surface area contributed by atoms with Gasteiger partial charge in [0.1, 0.15) is 16.3 Å². The van der Waals surface area contributed by atoms with Crippen LogP contribution in [0.5, 0.6) is 5.75 Å². The summed E-state index contributed by atoms with van der Waals surface area (Å²) in [5.41, 5.74) is 1.33. The first kappa shape index (κ1) is 23.7. The second-order valence-corrected chi connectivity index (χ2v) is 10.5. The Balaban J connectivity index is 2.12. The van der Waals surface area contributed by atoms with Crippen LogP contribution in [-0.4, -0.2) is 24.4 Å². The van der Waals surface area contributed by atoms with E-state index in [1.54, 1.807) is 42.9 Å². The number of rotatable bonds is 7. The van der Waals surface area contributed by atoms with E-state index < -0.39 is 15.6 Å². The van der Waals surface area contributed by atoms with Crippen molar-refractivity contribution in [2.45, 2.75) is 51.3 Å². The van der Waals surface area contributed by atoms with Crippen molar-refractivity contribution in [3.8, 4) is 11.4 Å². The molecule has 32 heavy (non-hydrogen) atoms. The molecule has 0 bridgehead atoms. The summed E-state index contributed by atoms with van der Waals surface area (Å²) in [5, 5.41) is 0. The number of benzene rings is 2. The van der Waals surface area contributed by atoms with Gasteiger partial charge in [0.2, 0.25) is 0 Å². The average Bonchev–Trinajstić information content (AvgIpc) is 2.95. The SMILES string of the molecule is CCCOc1ccc(C(C)(C)C)cc1S(=O)(=O)Nc1c(C)n(C)n(-c2ccccc2)c1=O. The monoisotopic (exact) mass is 457 g/mol. The average molecular weight is 458 g/mol. The van der Waals surface area contributed by atoms with Crippen LogP contribution in [0.15, 0.2) is 58.2 Å². The fraction of sp³-hybridized carbons (Fsp3) is 0.375. The van der Waals surface area contributed by atoms with Crippen LogP contribution in [0.4, 0.5) is 5.69 Å². The minimum atomic E-state index is -4.09. The van der Waals surface area contributed by atoms with E-state index in [-0.39, 0.29) is 21.7 Å². The lowest BCUT2D eigenvalue weighted by Gasteiger charge is -2.21. The normalized spacial score (nSPS) is 12.1. The zero-order valence-electron chi connectivity index (χ0n) is 19.5. The van der Waals surface area contributed by atoms with Gasteiger partial charge in [0, 0.05) is 7.05 Å². The Kier molecular flexibility index (Phi) is 6.55. The summed E-state index contributed by atoms with van der Waals surface area (Å²) in [6.07, 6.45) is 0.744. The quantitative estimate of drug-likeness (QED) is 0.571. The Bertz CT molecular complexity index is 1270. The van der Waals surface area contributed by atoms with Crippen LogP contribution < -0.4 is 15.0 Å². The molecule has 7 nitrogen and oxygen atoms in total. The summed E-state index contributed by atoms with van der Waals surface area (Å²) in [6, 6.07) is 14.3. The fourth-order valence-corrected chi connectivity index (χ4v) is 4.68. The minimum Gasteiger partial charge on any atom is -0.492 e. The molecule has 1 N–H and O–H groups in total. The number of para-hydroxylation sites is 1. The van der Waals surface area contributed by atoms with E-state index in [0.29, 0.717) is 18.0 Å². The molecule has 0 saturated heterocycles. The van der Waals surface area contributed by atoms with Crippen molar-refractivity contribution >= 4 is 15.7 Å². The van der Waals surface area contributed by atoms with Crippen molar-refractivity contribution in [1.29, 1.82) is 0 Å². The van der Waals surface area contributed by atoms with Gasteiger partial charge in [-0.25, -0.2) is 13.1 Å². The fourth-order valence-electron chi connectivity index (χ4n) is 3.39. The van der Waals surface area contributed by atoms with Crippen molar-refractivity contribution in [3.63, 3.8) is 0 Å². The summed E-state index contributed by atoms with van der Waals surface area (Å²) in [7, 11) is -2.37. The summed E-state index contributed by atoms with van der Waals surface area (Å²) in [5.74, 6) is 0.268. The van der Waals surface area contributed by atoms with E-state index in [2.05, 4.69) is 4.72 Å². The van der Waals surface area contributed by atoms with Crippen LogP contribution in [-0.2, 0) is 22.5 Å². The molecule has 0 aliphatic rings. The third-order valence-corrected chi connectivity index (χ3v) is 6.72. The van der Waals surface area contributed by atoms with Crippen LogP contribution in [0.3, 0.4) is 0 Å². The van der Waals surface area contributed by atoms with Gasteiger partial charge in [0.15, 0.2) is 0 Å². The van der Waals surface area contributed by atoms with Crippen LogP contribution in [0, 0.1) is 6.92 Å². The molecule has 0 spiro atoms. The summed E-state index contributed by atoms with van der Waals surface area (Å²) >= 11 is 0. The highest BCUT2D eigenvalue weighted by Gasteiger charge is 2.27. The van der Waals surface area contributed by atoms with E-state index in [1.807, 2.05) is 52.0 Å². The highest BCUT2D eigenvalue weighted by Crippen LogP contribution is 2.32. The molecule has 0 unspecified atom stereocenters. The molecule has 0 aliphatic heterocycles. The Morgan fingerprint density at radius 3 is 2.31 bits per heavy atom. The van der Waals surface area contributed by atoms with Crippen LogP contribution in [0.2, 0.25) is 0 Å². The molecular formula is C24H31N3O4S. The Morgan fingerprint density at radius 1 is 1.06 bits per heavy atom. The van der Waals surface area contributed by atoms with E-state index in [9.17, 15) is 13.2 Å². The van der Waals surface area contributed by atoms with Crippen molar-refractivity contribution in [2.75, 3.05) is 11.3 Å². The first-order valence-electron chi connectivity index (χ1n) is 10.6. The van der Waals surface area contributed by atoms with Crippen LogP contribution >= 0.6 is 0 Å². The number of aromatic nitrogens is 2. The topological polar surface area (TPSA) is 82.3 Å². The molecule has 0 radical (unpaired) electrons. The lowest BCUT2D eigenvalue weighted by Crippen LogP contribution is -2.23. The summed E-state index contributed by atoms with van der Waals surface area (Å²) in [4.78, 5) is 13.2. The first-order valence-corrected chi connectivity index (χ1v) is 12.1. The van der Waals surface area contributed by atoms with Gasteiger partial charge in [-0.3, -0.25) is 14.2 Å². The largest absolute Gasteiger partial charge is 0.492 e. The molecule has 1 heterocycles. The molecule has 0 aliphatic carbocycles. The highest BCUT2D eigenvalue weighted by molar-refractivity contribution is 7.92. The van der Waals surface area contributed by atoms with Gasteiger partial charge < -0.3 is 4.74 Å². The maximum atomic E-state index is 13.5. The number of hydrogen-bond acceptors (Lipinski definition) is 4. The Labute approximate surface area is 189 Å². The van der Waals surface area contributed by atoms with Gasteiger partial charge >= 0.3 is 0 Å². The summed E-state index contributed by atoms with van der Waals surface area (Å²) < 4.78 is 38.3. The Morgan fingerprint density at radius 2 is 1.72 bits per heavy atom. The molecule has 0 atom stereocenters. The number of ether oxygens (including phenoxy) is 1. The number of nitrogens with zero attached hydrogens (tertiary/aromatic N) is 2. The molecule has 2 aromatic carbocycles. The second kappa shape index (κ2) is 8.86. The molecule has 0 fully saturated rings. The number of nitrogens with one attached hydrogen (secondary N) is 1. The predicted molar refractivity (Wildman–Crippen MR) is 127 cm³/mol. The van der Waals surface area contributed by atoms with E-state index >= 15 is 0 Å². The zero-order chi connectivity index (χ0) is 23.7. The number of sulfonamides is 1. The zero-order valence-corrected chi connectivity index (χ0v) is 20.3. The molecule has 172 valence electrons. The molecule has 0 amide bonds. The van der Waals surface area contributed by atoms with Gasteiger partial charge in [0.05, 0.1) is 18.0 Å². The molecule has 8 heteroatoms. The van der Waals surface area contributed by atoms with Crippen LogP contribution in [0.1, 0.15) is 45.4 Å². The van der Waals surface area contributed by atoms with Gasteiger partial charge in [0.25, 0.3) is 15.6 Å². The third kappa shape index (κ3) is 4.60. The molecule has 3 rings (SSSR count). The van der Waals surface area contributed by atoms with E-state index in [4.69, 9.17) is 4.74 Å². The number of anilines is 1. The number of hydrogen-bond donors (Lipinski definition) is 1. The maximum Gasteiger partial charge on any atom is 0.296 e. The van der Waals surface area contributed by atoms with Crippen molar-refractivity contribution in [1.82, 2.24) is 9.36 Å². The predicted octanol–water partition coefficient (Wildman–Crippen LogP) is 4.37. The van der Waals surface area contributed by atoms with Gasteiger partial charge in [-0.15, -0.1) is 0 Å². The first-order chi connectivity index (χ1) is 15.0. The van der Waals surface area contributed by atoms with Gasteiger partial charge in [-0.1, -0.05) is 52.0 Å². The lowest BCUT2D eigenvalue weighted by atomic mass is 9.87. The smallest absolute Gasteiger partial charge is 0.296 e. The standard InChI is InChI=1S/C24H31N3O4S/c1-7-15-31-20-14-13-18(24(3,4)5)16-21(20)32(29,30)25-22-17(2)26(6)27(23(22)28)19-11-9-8-10-12-19/h8-14,16,25H,7,15H2,1-6H3. The van der Waals surface area contributed by atoms with E-state index in [0.717, 1.165) is 12.0 Å². The van der Waals surface area contributed by atoms with Crippen molar-refractivity contribution < 1.29 is 13.2 Å². The molecular weight excluding hydrogens is 426 g/mol. The Hall–Kier alpha value is -3.00. The summed E-state index contributed by atoms with van der Waals surface area (Å²) in [6.45, 7) is 10.1. The maximum absolute atomic E-state index is 13.5. The second-order valence-electron chi connectivity index (χ2n) is 8.80. The van der Waals surface area contributed by atoms with Crippen molar-refractivity contribution in [3.05, 3.63) is 70.1 Å². The third-order valence-electron chi connectivity index (χ3n) is 5.35. The molecule has 0 saturated carbocycles. The molecule has 3 aromatic rings. The van der Waals surface area contributed by atoms with Gasteiger partial charge in [-0.2, -0.15) is 0 Å². The van der Waals surface area contributed by atoms with Gasteiger partial charge in [-0.05, 0) is 48.6 Å². The van der Waals surface area contributed by atoms with Crippen LogP contribution in [0.25, 0.3) is 5.69 Å². The lowest BCUT2D eigenvalue weighted by molar-refractivity contribution is 0.309. The van der Waals surface area contributed by atoms with E-state index in [1.165, 1.54) is 4.68 Å².